The molecule has 0 aliphatic carbocycles. The van der Waals surface area contributed by atoms with Crippen molar-refractivity contribution in [2.75, 3.05) is 5.32 Å². The van der Waals surface area contributed by atoms with Gasteiger partial charge in [0.2, 0.25) is 5.91 Å². The van der Waals surface area contributed by atoms with Gasteiger partial charge in [0.1, 0.15) is 0 Å². The van der Waals surface area contributed by atoms with Crippen molar-refractivity contribution in [3.05, 3.63) is 30.5 Å². The van der Waals surface area contributed by atoms with E-state index in [9.17, 15) is 4.79 Å². The fourth-order valence-electron chi connectivity index (χ4n) is 2.33. The summed E-state index contributed by atoms with van der Waals surface area (Å²) < 4.78 is 2.24. The van der Waals surface area contributed by atoms with E-state index >= 15 is 0 Å². The normalized spacial score (nSPS) is 12.8. The third-order valence-corrected chi connectivity index (χ3v) is 3.12. The molecule has 1 aromatic carbocycles. The van der Waals surface area contributed by atoms with Gasteiger partial charge in [0.05, 0.1) is 0 Å². The van der Waals surface area contributed by atoms with Gasteiger partial charge >= 0.3 is 0 Å². The van der Waals surface area contributed by atoms with Crippen LogP contribution in [-0.2, 0) is 11.3 Å². The summed E-state index contributed by atoms with van der Waals surface area (Å²) in [5, 5.41) is 4.03. The minimum absolute atomic E-state index is 0.0408. The maximum atomic E-state index is 11.7. The Morgan fingerprint density at radius 1 is 1.30 bits per heavy atom. The van der Waals surface area contributed by atoms with Gasteiger partial charge in [-0.15, -0.1) is 0 Å². The predicted octanol–water partition coefficient (Wildman–Crippen LogP) is 2.97. The first kappa shape index (κ1) is 14.6. The SMILES string of the molecule is CC(C)Cn1ccc2cc(NC(=O)CC(C)N)ccc21. The minimum atomic E-state index is -0.120. The first-order valence-corrected chi connectivity index (χ1v) is 7.10. The van der Waals surface area contributed by atoms with Crippen molar-refractivity contribution >= 4 is 22.5 Å². The molecule has 1 unspecified atom stereocenters. The summed E-state index contributed by atoms with van der Waals surface area (Å²) in [7, 11) is 0. The molecule has 0 saturated heterocycles. The largest absolute Gasteiger partial charge is 0.347 e. The zero-order chi connectivity index (χ0) is 14.7. The number of nitrogens with zero attached hydrogens (tertiary/aromatic N) is 1. The quantitative estimate of drug-likeness (QED) is 0.879. The van der Waals surface area contributed by atoms with E-state index in [4.69, 9.17) is 5.73 Å². The van der Waals surface area contributed by atoms with Crippen LogP contribution in [0.1, 0.15) is 27.2 Å². The first-order chi connectivity index (χ1) is 9.45. The molecular weight excluding hydrogens is 250 g/mol. The van der Waals surface area contributed by atoms with Gasteiger partial charge in [-0.2, -0.15) is 0 Å². The van der Waals surface area contributed by atoms with Crippen molar-refractivity contribution in [1.82, 2.24) is 4.57 Å². The lowest BCUT2D eigenvalue weighted by Crippen LogP contribution is -2.23. The van der Waals surface area contributed by atoms with Crippen LogP contribution >= 0.6 is 0 Å². The molecule has 1 heterocycles. The van der Waals surface area contributed by atoms with Crippen molar-refractivity contribution in [3.8, 4) is 0 Å². The van der Waals surface area contributed by atoms with Crippen molar-refractivity contribution in [2.24, 2.45) is 11.7 Å². The van der Waals surface area contributed by atoms with E-state index in [0.717, 1.165) is 17.6 Å². The molecule has 4 heteroatoms. The zero-order valence-corrected chi connectivity index (χ0v) is 12.4. The Morgan fingerprint density at radius 3 is 2.70 bits per heavy atom. The molecule has 20 heavy (non-hydrogen) atoms. The van der Waals surface area contributed by atoms with E-state index in [0.29, 0.717) is 12.3 Å². The molecule has 108 valence electrons. The second-order valence-corrected chi connectivity index (χ2v) is 5.87. The topological polar surface area (TPSA) is 60.0 Å². The van der Waals surface area contributed by atoms with Gasteiger partial charge in [-0.05, 0) is 37.1 Å². The van der Waals surface area contributed by atoms with Gasteiger partial charge in [0.25, 0.3) is 0 Å². The predicted molar refractivity (Wildman–Crippen MR) is 83.7 cm³/mol. The van der Waals surface area contributed by atoms with Crippen LogP contribution in [0.5, 0.6) is 0 Å². The van der Waals surface area contributed by atoms with Crippen molar-refractivity contribution in [3.63, 3.8) is 0 Å². The number of benzene rings is 1. The van der Waals surface area contributed by atoms with E-state index in [1.165, 1.54) is 5.52 Å². The van der Waals surface area contributed by atoms with Crippen LogP contribution in [0, 0.1) is 5.92 Å². The lowest BCUT2D eigenvalue weighted by Gasteiger charge is -2.10. The molecule has 0 aliphatic heterocycles. The molecule has 4 nitrogen and oxygen atoms in total. The summed E-state index contributed by atoms with van der Waals surface area (Å²) >= 11 is 0. The number of anilines is 1. The van der Waals surface area contributed by atoms with Crippen LogP contribution < -0.4 is 11.1 Å². The van der Waals surface area contributed by atoms with Crippen molar-refractivity contribution < 1.29 is 4.79 Å². The number of carbonyl (C=O) groups excluding carboxylic acids is 1. The third-order valence-electron chi connectivity index (χ3n) is 3.12. The van der Waals surface area contributed by atoms with Crippen LogP contribution in [0.25, 0.3) is 10.9 Å². The highest BCUT2D eigenvalue weighted by Crippen LogP contribution is 2.21. The fourth-order valence-corrected chi connectivity index (χ4v) is 2.33. The highest BCUT2D eigenvalue weighted by Gasteiger charge is 2.07. The second kappa shape index (κ2) is 6.09. The number of amides is 1. The summed E-state index contributed by atoms with van der Waals surface area (Å²) in [5.74, 6) is 0.567. The van der Waals surface area contributed by atoms with Crippen LogP contribution in [0.2, 0.25) is 0 Å². The molecule has 0 bridgehead atoms. The summed E-state index contributed by atoms with van der Waals surface area (Å²) in [6.07, 6.45) is 2.44. The molecule has 0 saturated carbocycles. The molecule has 0 aliphatic rings. The van der Waals surface area contributed by atoms with Gasteiger partial charge < -0.3 is 15.6 Å². The Morgan fingerprint density at radius 2 is 2.05 bits per heavy atom. The zero-order valence-electron chi connectivity index (χ0n) is 12.4. The molecule has 0 radical (unpaired) electrons. The number of carbonyl (C=O) groups is 1. The number of rotatable bonds is 5. The molecule has 2 rings (SSSR count). The third kappa shape index (κ3) is 3.61. The summed E-state index contributed by atoms with van der Waals surface area (Å²) in [6.45, 7) is 7.23. The van der Waals surface area contributed by atoms with E-state index in [2.05, 4.69) is 42.1 Å². The van der Waals surface area contributed by atoms with E-state index in [1.807, 2.05) is 19.1 Å². The van der Waals surface area contributed by atoms with Crippen LogP contribution in [0.15, 0.2) is 30.5 Å². The number of hydrogen-bond acceptors (Lipinski definition) is 2. The Kier molecular flexibility index (Phi) is 4.45. The van der Waals surface area contributed by atoms with Gasteiger partial charge in [0, 0.05) is 41.8 Å². The standard InChI is InChI=1S/C16H23N3O/c1-11(2)10-19-7-6-13-9-14(4-5-15(13)19)18-16(20)8-12(3)17/h4-7,9,11-12H,8,10,17H2,1-3H3,(H,18,20). The summed E-state index contributed by atoms with van der Waals surface area (Å²) in [5.41, 5.74) is 7.65. The van der Waals surface area contributed by atoms with Crippen LogP contribution in [0.4, 0.5) is 5.69 Å². The highest BCUT2D eigenvalue weighted by atomic mass is 16.1. The minimum Gasteiger partial charge on any atom is -0.347 e. The van der Waals surface area contributed by atoms with Gasteiger partial charge in [0.15, 0.2) is 0 Å². The molecule has 1 atom stereocenters. The van der Waals surface area contributed by atoms with Crippen molar-refractivity contribution in [1.29, 1.82) is 0 Å². The van der Waals surface area contributed by atoms with E-state index < -0.39 is 0 Å². The Bertz CT molecular complexity index is 599. The number of nitrogens with one attached hydrogen (secondary N) is 1. The molecule has 3 N–H and O–H groups in total. The molecule has 0 spiro atoms. The van der Waals surface area contributed by atoms with Crippen LogP contribution in [0.3, 0.4) is 0 Å². The van der Waals surface area contributed by atoms with Crippen LogP contribution in [-0.4, -0.2) is 16.5 Å². The Hall–Kier alpha value is -1.81. The number of fused-ring (bicyclic) bond motifs is 1. The lowest BCUT2D eigenvalue weighted by atomic mass is 10.2. The molecule has 1 amide bonds. The molecule has 2 aromatic rings. The second-order valence-electron chi connectivity index (χ2n) is 5.87. The highest BCUT2D eigenvalue weighted by molar-refractivity contribution is 5.94. The summed E-state index contributed by atoms with van der Waals surface area (Å²) in [4.78, 5) is 11.7. The maximum Gasteiger partial charge on any atom is 0.225 e. The summed E-state index contributed by atoms with van der Waals surface area (Å²) in [6, 6.07) is 7.97. The monoisotopic (exact) mass is 273 g/mol. The smallest absolute Gasteiger partial charge is 0.225 e. The lowest BCUT2D eigenvalue weighted by molar-refractivity contribution is -0.116. The molecule has 0 fully saturated rings. The van der Waals surface area contributed by atoms with E-state index in [1.54, 1.807) is 0 Å². The average Bonchev–Trinajstić information content (AvgIpc) is 2.70. The van der Waals surface area contributed by atoms with Gasteiger partial charge in [-0.3, -0.25) is 4.79 Å². The average molecular weight is 273 g/mol. The molecule has 1 aromatic heterocycles. The maximum absolute atomic E-state index is 11.7. The first-order valence-electron chi connectivity index (χ1n) is 7.10. The molecular formula is C16H23N3O. The van der Waals surface area contributed by atoms with Gasteiger partial charge in [-0.1, -0.05) is 13.8 Å². The van der Waals surface area contributed by atoms with E-state index in [-0.39, 0.29) is 11.9 Å². The van der Waals surface area contributed by atoms with Gasteiger partial charge in [-0.25, -0.2) is 0 Å². The number of hydrogen-bond donors (Lipinski definition) is 2. The Balaban J connectivity index is 2.16. The van der Waals surface area contributed by atoms with Crippen molar-refractivity contribution in [2.45, 2.75) is 39.8 Å². The number of nitrogens with two attached hydrogens (primary N) is 1. The number of aromatic nitrogens is 1. The Labute approximate surface area is 120 Å². The fraction of sp³-hybridized carbons (Fsp3) is 0.438.